The number of ether oxygens (including phenoxy) is 6. The molecule has 212 valence electrons. The number of rotatable bonds is 21. The van der Waals surface area contributed by atoms with Gasteiger partial charge in [-0.3, -0.25) is 0 Å². The molecule has 2 aromatic rings. The summed E-state index contributed by atoms with van der Waals surface area (Å²) in [4.78, 5) is 4.29. The van der Waals surface area contributed by atoms with E-state index < -0.39 is 0 Å². The van der Waals surface area contributed by atoms with E-state index >= 15 is 0 Å². The molecule has 0 unspecified atom stereocenters. The molecule has 2 N–H and O–H groups in total. The quantitative estimate of drug-likeness (QED) is 0.174. The highest BCUT2D eigenvalue weighted by Crippen LogP contribution is 2.35. The molecule has 1 aliphatic rings. The highest BCUT2D eigenvalue weighted by molar-refractivity contribution is 6.37. The molecule has 12 heteroatoms. The summed E-state index contributed by atoms with van der Waals surface area (Å²) >= 11 is 12.7. The predicted molar refractivity (Wildman–Crippen MR) is 145 cm³/mol. The SMILES string of the molecule is NCOCCOCCOCCOCCc1cc(CCCCCOc2c(Cl)cc(C3=NCCO3)cc2Cl)on1. The lowest BCUT2D eigenvalue weighted by molar-refractivity contribution is -0.000908. The van der Waals surface area contributed by atoms with E-state index in [1.165, 1.54) is 0 Å². The second-order valence-corrected chi connectivity index (χ2v) is 9.22. The van der Waals surface area contributed by atoms with Gasteiger partial charge in [0.25, 0.3) is 0 Å². The lowest BCUT2D eigenvalue weighted by Gasteiger charge is -2.11. The van der Waals surface area contributed by atoms with E-state index in [-0.39, 0.29) is 6.73 Å². The van der Waals surface area contributed by atoms with Gasteiger partial charge in [0, 0.05) is 24.5 Å². The van der Waals surface area contributed by atoms with Crippen molar-refractivity contribution in [2.45, 2.75) is 32.1 Å². The summed E-state index contributed by atoms with van der Waals surface area (Å²) < 4.78 is 38.1. The molecular formula is C26H37Cl2N3O7. The van der Waals surface area contributed by atoms with Crippen LogP contribution in [0.5, 0.6) is 5.75 Å². The van der Waals surface area contributed by atoms with Crippen LogP contribution in [0.3, 0.4) is 0 Å². The summed E-state index contributed by atoms with van der Waals surface area (Å²) in [6, 6.07) is 5.53. The monoisotopic (exact) mass is 573 g/mol. The molecule has 1 aromatic heterocycles. The van der Waals surface area contributed by atoms with Crippen molar-refractivity contribution in [3.63, 3.8) is 0 Å². The third-order valence-electron chi connectivity index (χ3n) is 5.49. The Hall–Kier alpha value is -1.92. The lowest BCUT2D eigenvalue weighted by Crippen LogP contribution is -2.14. The zero-order valence-electron chi connectivity index (χ0n) is 21.6. The minimum Gasteiger partial charge on any atom is -0.490 e. The second-order valence-electron chi connectivity index (χ2n) is 8.41. The van der Waals surface area contributed by atoms with E-state index in [9.17, 15) is 0 Å². The molecule has 2 heterocycles. The minimum absolute atomic E-state index is 0.209. The fourth-order valence-electron chi connectivity index (χ4n) is 3.59. The zero-order chi connectivity index (χ0) is 26.8. The topological polar surface area (TPSA) is 120 Å². The maximum absolute atomic E-state index is 6.37. The van der Waals surface area contributed by atoms with Crippen molar-refractivity contribution in [3.05, 3.63) is 45.3 Å². The average molecular weight is 575 g/mol. The number of unbranched alkanes of at least 4 members (excludes halogenated alkanes) is 2. The van der Waals surface area contributed by atoms with Gasteiger partial charge in [0.2, 0.25) is 5.90 Å². The summed E-state index contributed by atoms with van der Waals surface area (Å²) in [5, 5.41) is 5.02. The average Bonchev–Trinajstić information content (AvgIpc) is 3.61. The third-order valence-corrected chi connectivity index (χ3v) is 6.05. The number of aromatic nitrogens is 1. The van der Waals surface area contributed by atoms with Crippen molar-refractivity contribution in [3.8, 4) is 5.75 Å². The smallest absolute Gasteiger partial charge is 0.216 e. The van der Waals surface area contributed by atoms with Gasteiger partial charge in [0.15, 0.2) is 5.75 Å². The third kappa shape index (κ3) is 11.4. The van der Waals surface area contributed by atoms with Crippen molar-refractivity contribution in [2.75, 3.05) is 72.7 Å². The number of aryl methyl sites for hydroxylation is 1. The number of hydrogen-bond donors (Lipinski definition) is 1. The van der Waals surface area contributed by atoms with Crippen LogP contribution in [0.4, 0.5) is 0 Å². The largest absolute Gasteiger partial charge is 0.490 e. The molecule has 0 amide bonds. The van der Waals surface area contributed by atoms with Gasteiger partial charge >= 0.3 is 0 Å². The van der Waals surface area contributed by atoms with Crippen LogP contribution >= 0.6 is 23.2 Å². The summed E-state index contributed by atoms with van der Waals surface area (Å²) in [6.07, 6.45) is 4.33. The first-order valence-corrected chi connectivity index (χ1v) is 13.7. The lowest BCUT2D eigenvalue weighted by atomic mass is 10.1. The van der Waals surface area contributed by atoms with Crippen molar-refractivity contribution in [2.24, 2.45) is 10.7 Å². The number of nitrogens with zero attached hydrogens (tertiary/aromatic N) is 2. The molecule has 0 saturated heterocycles. The molecule has 0 atom stereocenters. The normalized spacial score (nSPS) is 13.1. The molecule has 10 nitrogen and oxygen atoms in total. The fourth-order valence-corrected chi connectivity index (χ4v) is 4.19. The molecule has 0 spiro atoms. The van der Waals surface area contributed by atoms with Gasteiger partial charge in [-0.15, -0.1) is 0 Å². The number of halogens is 2. The molecule has 0 aliphatic carbocycles. The Balaban J connectivity index is 1.18. The van der Waals surface area contributed by atoms with Crippen molar-refractivity contribution in [1.29, 1.82) is 0 Å². The highest BCUT2D eigenvalue weighted by atomic mass is 35.5. The maximum Gasteiger partial charge on any atom is 0.216 e. The Morgan fingerprint density at radius 2 is 1.47 bits per heavy atom. The van der Waals surface area contributed by atoms with E-state index in [4.69, 9.17) is 61.9 Å². The van der Waals surface area contributed by atoms with E-state index in [1.807, 2.05) is 6.07 Å². The molecule has 0 bridgehead atoms. The Labute approximate surface area is 233 Å². The summed E-state index contributed by atoms with van der Waals surface area (Å²) in [5.74, 6) is 1.93. The standard InChI is InChI=1S/C26H37Cl2N3O7/c27-23-16-20(26-30-6-9-37-26)17-24(28)25(23)36-7-3-1-2-4-22-18-21(31-38-22)5-8-32-10-11-33-12-13-34-14-15-35-19-29/h16-18H,1-15,19,29H2. The first kappa shape index (κ1) is 30.6. The van der Waals surface area contributed by atoms with Gasteiger partial charge in [0.1, 0.15) is 12.4 Å². The molecular weight excluding hydrogens is 537 g/mol. The fraction of sp³-hybridized carbons (Fsp3) is 0.615. The Bertz CT molecular complexity index is 951. The summed E-state index contributed by atoms with van der Waals surface area (Å²) in [5.41, 5.74) is 6.87. The molecule has 1 aromatic carbocycles. The van der Waals surface area contributed by atoms with Gasteiger partial charge in [-0.05, 0) is 31.4 Å². The summed E-state index contributed by atoms with van der Waals surface area (Å²) in [7, 11) is 0. The Morgan fingerprint density at radius 1 is 0.789 bits per heavy atom. The van der Waals surface area contributed by atoms with Crippen LogP contribution < -0.4 is 10.5 Å². The predicted octanol–water partition coefficient (Wildman–Crippen LogP) is 4.08. The van der Waals surface area contributed by atoms with Crippen LogP contribution in [-0.2, 0) is 36.5 Å². The number of aliphatic imine (C=N–C) groups is 1. The number of hydrogen-bond acceptors (Lipinski definition) is 10. The minimum atomic E-state index is 0.209. The van der Waals surface area contributed by atoms with Crippen LogP contribution in [0.1, 0.15) is 36.3 Å². The van der Waals surface area contributed by atoms with E-state index in [0.717, 1.165) is 42.7 Å². The van der Waals surface area contributed by atoms with Gasteiger partial charge < -0.3 is 38.7 Å². The van der Waals surface area contributed by atoms with Crippen molar-refractivity contribution in [1.82, 2.24) is 5.16 Å². The van der Waals surface area contributed by atoms with Crippen LogP contribution in [-0.4, -0.2) is 83.8 Å². The van der Waals surface area contributed by atoms with Gasteiger partial charge in [-0.25, -0.2) is 4.99 Å². The van der Waals surface area contributed by atoms with Crippen LogP contribution in [0.25, 0.3) is 0 Å². The molecule has 0 radical (unpaired) electrons. The van der Waals surface area contributed by atoms with Crippen molar-refractivity contribution < 1.29 is 32.9 Å². The molecule has 3 rings (SSSR count). The van der Waals surface area contributed by atoms with Crippen LogP contribution in [0, 0.1) is 0 Å². The maximum atomic E-state index is 6.37. The molecule has 0 saturated carbocycles. The van der Waals surface area contributed by atoms with Crippen LogP contribution in [0.15, 0.2) is 27.7 Å². The molecule has 1 aliphatic heterocycles. The van der Waals surface area contributed by atoms with E-state index in [1.54, 1.807) is 12.1 Å². The van der Waals surface area contributed by atoms with Gasteiger partial charge in [-0.1, -0.05) is 28.4 Å². The van der Waals surface area contributed by atoms with Crippen molar-refractivity contribution >= 4 is 29.1 Å². The first-order chi connectivity index (χ1) is 18.7. The molecule has 38 heavy (non-hydrogen) atoms. The number of benzene rings is 1. The van der Waals surface area contributed by atoms with E-state index in [0.29, 0.717) is 94.1 Å². The van der Waals surface area contributed by atoms with E-state index in [2.05, 4.69) is 10.1 Å². The van der Waals surface area contributed by atoms with Gasteiger partial charge in [-0.2, -0.15) is 0 Å². The molecule has 0 fully saturated rings. The van der Waals surface area contributed by atoms with Crippen LogP contribution in [0.2, 0.25) is 10.0 Å². The number of nitrogens with two attached hydrogens (primary N) is 1. The zero-order valence-corrected chi connectivity index (χ0v) is 23.1. The Kier molecular flexibility index (Phi) is 14.8. The second kappa shape index (κ2) is 18.4. The van der Waals surface area contributed by atoms with Gasteiger partial charge in [0.05, 0.1) is 81.9 Å². The highest BCUT2D eigenvalue weighted by Gasteiger charge is 2.16. The Morgan fingerprint density at radius 3 is 2.13 bits per heavy atom. The summed E-state index contributed by atoms with van der Waals surface area (Å²) in [6.45, 7) is 5.60. The first-order valence-electron chi connectivity index (χ1n) is 12.9.